The van der Waals surface area contributed by atoms with Crippen LogP contribution in [0.2, 0.25) is 0 Å². The van der Waals surface area contributed by atoms with Crippen LogP contribution >= 0.6 is 0 Å². The van der Waals surface area contributed by atoms with E-state index in [0.29, 0.717) is 31.0 Å². The summed E-state index contributed by atoms with van der Waals surface area (Å²) < 4.78 is 14.1. The molecule has 0 aromatic heterocycles. The molecule has 1 N–H and O–H groups in total. The summed E-state index contributed by atoms with van der Waals surface area (Å²) in [6.45, 7) is 3.66. The predicted octanol–water partition coefficient (Wildman–Crippen LogP) is 5.22. The number of urea groups is 1. The zero-order chi connectivity index (χ0) is 21.8. The van der Waals surface area contributed by atoms with Crippen LogP contribution in [-0.4, -0.2) is 29.9 Å². The number of halogens is 1. The first-order valence-electron chi connectivity index (χ1n) is 10.3. The number of benzene rings is 3. The average molecular weight is 417 g/mol. The van der Waals surface area contributed by atoms with E-state index in [0.717, 1.165) is 17.5 Å². The van der Waals surface area contributed by atoms with Crippen LogP contribution < -0.4 is 10.2 Å². The fraction of sp³-hybridized carbons (Fsp3) is 0.200. The van der Waals surface area contributed by atoms with Gasteiger partial charge in [0.1, 0.15) is 5.82 Å². The number of nitrogens with one attached hydrogen (secondary N) is 1. The summed E-state index contributed by atoms with van der Waals surface area (Å²) in [7, 11) is 0. The lowest BCUT2D eigenvalue weighted by Gasteiger charge is -2.36. The highest BCUT2D eigenvalue weighted by Crippen LogP contribution is 2.31. The van der Waals surface area contributed by atoms with Gasteiger partial charge in [0.2, 0.25) is 0 Å². The quantitative estimate of drug-likeness (QED) is 0.619. The van der Waals surface area contributed by atoms with Gasteiger partial charge < -0.3 is 10.2 Å². The van der Waals surface area contributed by atoms with Gasteiger partial charge in [-0.15, -0.1) is 0 Å². The van der Waals surface area contributed by atoms with Crippen LogP contribution in [0.15, 0.2) is 72.8 Å². The van der Waals surface area contributed by atoms with E-state index >= 15 is 0 Å². The van der Waals surface area contributed by atoms with Gasteiger partial charge >= 0.3 is 6.03 Å². The minimum atomic E-state index is -0.586. The minimum Gasteiger partial charge on any atom is -0.320 e. The van der Waals surface area contributed by atoms with Crippen LogP contribution in [0.1, 0.15) is 27.9 Å². The first-order chi connectivity index (χ1) is 15.0. The molecule has 1 saturated heterocycles. The topological polar surface area (TPSA) is 52.6 Å². The highest BCUT2D eigenvalue weighted by Gasteiger charge is 2.29. The molecule has 1 aliphatic heterocycles. The SMILES string of the molecule is Cc1ccc(N2CCCN(Cc3ccccc3)C2=O)c(NC(=O)c2ccccc2F)c1. The number of amides is 3. The molecule has 0 atom stereocenters. The van der Waals surface area contributed by atoms with Gasteiger partial charge in [0, 0.05) is 19.6 Å². The predicted molar refractivity (Wildman–Crippen MR) is 120 cm³/mol. The Balaban J connectivity index is 1.59. The molecule has 0 radical (unpaired) electrons. The zero-order valence-corrected chi connectivity index (χ0v) is 17.3. The summed E-state index contributed by atoms with van der Waals surface area (Å²) in [6.07, 6.45) is 0.813. The van der Waals surface area contributed by atoms with Gasteiger partial charge in [-0.2, -0.15) is 0 Å². The third kappa shape index (κ3) is 4.58. The van der Waals surface area contributed by atoms with Crippen LogP contribution in [0, 0.1) is 12.7 Å². The number of hydrogen-bond acceptors (Lipinski definition) is 2. The molecule has 1 heterocycles. The van der Waals surface area contributed by atoms with Crippen molar-refractivity contribution < 1.29 is 14.0 Å². The molecule has 1 fully saturated rings. The Bertz CT molecular complexity index is 1100. The average Bonchev–Trinajstić information content (AvgIpc) is 2.77. The van der Waals surface area contributed by atoms with Crippen molar-refractivity contribution >= 4 is 23.3 Å². The van der Waals surface area contributed by atoms with Crippen LogP contribution in [0.25, 0.3) is 0 Å². The highest BCUT2D eigenvalue weighted by atomic mass is 19.1. The van der Waals surface area contributed by atoms with Crippen molar-refractivity contribution in [3.8, 4) is 0 Å². The molecular weight excluding hydrogens is 393 g/mol. The molecule has 0 saturated carbocycles. The molecule has 3 aromatic rings. The van der Waals surface area contributed by atoms with Crippen LogP contribution in [0.4, 0.5) is 20.6 Å². The highest BCUT2D eigenvalue weighted by molar-refractivity contribution is 6.07. The molecule has 4 rings (SSSR count). The van der Waals surface area contributed by atoms with E-state index in [-0.39, 0.29) is 11.6 Å². The van der Waals surface area contributed by atoms with Gasteiger partial charge in [0.15, 0.2) is 0 Å². The van der Waals surface area contributed by atoms with E-state index in [2.05, 4.69) is 5.32 Å². The van der Waals surface area contributed by atoms with Gasteiger partial charge in [-0.05, 0) is 48.7 Å². The van der Waals surface area contributed by atoms with Gasteiger partial charge in [-0.3, -0.25) is 9.69 Å². The van der Waals surface area contributed by atoms with Crippen molar-refractivity contribution in [1.29, 1.82) is 0 Å². The molecule has 0 spiro atoms. The number of hydrogen-bond donors (Lipinski definition) is 1. The molecule has 3 amide bonds. The monoisotopic (exact) mass is 417 g/mol. The smallest absolute Gasteiger partial charge is 0.320 e. The Labute approximate surface area is 181 Å². The van der Waals surface area contributed by atoms with Crippen LogP contribution in [0.5, 0.6) is 0 Å². The third-order valence-electron chi connectivity index (χ3n) is 5.34. The maximum atomic E-state index is 14.1. The molecule has 6 heteroatoms. The van der Waals surface area contributed by atoms with E-state index < -0.39 is 11.7 Å². The van der Waals surface area contributed by atoms with E-state index in [1.54, 1.807) is 21.9 Å². The fourth-order valence-electron chi connectivity index (χ4n) is 3.78. The van der Waals surface area contributed by atoms with Gasteiger partial charge in [-0.25, -0.2) is 9.18 Å². The van der Waals surface area contributed by atoms with Crippen molar-refractivity contribution in [3.63, 3.8) is 0 Å². The van der Waals surface area contributed by atoms with Crippen molar-refractivity contribution in [3.05, 3.63) is 95.3 Å². The first-order valence-corrected chi connectivity index (χ1v) is 10.3. The Morgan fingerprint density at radius 2 is 1.74 bits per heavy atom. The Hall–Kier alpha value is -3.67. The van der Waals surface area contributed by atoms with Crippen LogP contribution in [0.3, 0.4) is 0 Å². The lowest BCUT2D eigenvalue weighted by Crippen LogP contribution is -2.49. The number of carbonyl (C=O) groups is 2. The summed E-state index contributed by atoms with van der Waals surface area (Å²) in [5, 5.41) is 2.80. The van der Waals surface area contributed by atoms with E-state index in [1.807, 2.05) is 49.4 Å². The summed E-state index contributed by atoms with van der Waals surface area (Å²) in [6, 6.07) is 21.1. The molecule has 0 aliphatic carbocycles. The zero-order valence-electron chi connectivity index (χ0n) is 17.3. The normalized spacial score (nSPS) is 13.9. The third-order valence-corrected chi connectivity index (χ3v) is 5.34. The van der Waals surface area contributed by atoms with E-state index in [4.69, 9.17) is 0 Å². The summed E-state index contributed by atoms with van der Waals surface area (Å²) >= 11 is 0. The second kappa shape index (κ2) is 9.00. The second-order valence-electron chi connectivity index (χ2n) is 7.65. The summed E-state index contributed by atoms with van der Waals surface area (Å²) in [5.74, 6) is -1.13. The number of nitrogens with zero attached hydrogens (tertiary/aromatic N) is 2. The number of anilines is 2. The maximum absolute atomic E-state index is 14.1. The molecule has 1 aliphatic rings. The van der Waals surface area contributed by atoms with Crippen molar-refractivity contribution in [1.82, 2.24) is 4.90 Å². The van der Waals surface area contributed by atoms with E-state index in [9.17, 15) is 14.0 Å². The lowest BCUT2D eigenvalue weighted by molar-refractivity contribution is 0.102. The first kappa shape index (κ1) is 20.6. The van der Waals surface area contributed by atoms with E-state index in [1.165, 1.54) is 18.2 Å². The fourth-order valence-corrected chi connectivity index (χ4v) is 3.78. The molecule has 0 bridgehead atoms. The maximum Gasteiger partial charge on any atom is 0.324 e. The standard InChI is InChI=1S/C25H24FN3O2/c1-18-12-13-23(22(16-18)27-24(30)20-10-5-6-11-21(20)26)29-15-7-14-28(25(29)31)17-19-8-3-2-4-9-19/h2-6,8-13,16H,7,14-15,17H2,1H3,(H,27,30). The molecular formula is C25H24FN3O2. The summed E-state index contributed by atoms with van der Waals surface area (Å²) in [5.41, 5.74) is 3.06. The van der Waals surface area contributed by atoms with Crippen LogP contribution in [-0.2, 0) is 6.54 Å². The summed E-state index contributed by atoms with van der Waals surface area (Å²) in [4.78, 5) is 29.4. The van der Waals surface area contributed by atoms with Crippen molar-refractivity contribution in [2.75, 3.05) is 23.3 Å². The molecule has 5 nitrogen and oxygen atoms in total. The molecule has 0 unspecified atom stereocenters. The molecule has 31 heavy (non-hydrogen) atoms. The van der Waals surface area contributed by atoms with Crippen molar-refractivity contribution in [2.24, 2.45) is 0 Å². The Morgan fingerprint density at radius 1 is 1.00 bits per heavy atom. The largest absolute Gasteiger partial charge is 0.324 e. The van der Waals surface area contributed by atoms with Crippen molar-refractivity contribution in [2.45, 2.75) is 19.9 Å². The minimum absolute atomic E-state index is 0.0365. The molecule has 3 aromatic carbocycles. The Kier molecular flexibility index (Phi) is 5.98. The van der Waals surface area contributed by atoms with Gasteiger partial charge in [0.05, 0.1) is 16.9 Å². The number of carbonyl (C=O) groups excluding carboxylic acids is 2. The lowest BCUT2D eigenvalue weighted by atomic mass is 10.1. The Morgan fingerprint density at radius 3 is 2.52 bits per heavy atom. The number of aryl methyl sites for hydroxylation is 1. The number of rotatable bonds is 5. The molecule has 158 valence electrons. The second-order valence-corrected chi connectivity index (χ2v) is 7.65. The van der Waals surface area contributed by atoms with Gasteiger partial charge in [0.25, 0.3) is 5.91 Å². The van der Waals surface area contributed by atoms with Gasteiger partial charge in [-0.1, -0.05) is 48.5 Å².